The molecule has 0 aliphatic heterocycles. The van der Waals surface area contributed by atoms with E-state index in [9.17, 15) is 0 Å². The Balaban J connectivity index is 0.932. The van der Waals surface area contributed by atoms with Crippen molar-refractivity contribution in [1.29, 1.82) is 0 Å². The van der Waals surface area contributed by atoms with E-state index >= 15 is 0 Å². The van der Waals surface area contributed by atoms with E-state index in [4.69, 9.17) is 0 Å². The number of hydrogen-bond donors (Lipinski definition) is 0. The summed E-state index contributed by atoms with van der Waals surface area (Å²) >= 11 is 0. The first-order valence-corrected chi connectivity index (χ1v) is 20.0. The van der Waals surface area contributed by atoms with Crippen LogP contribution in [-0.4, -0.2) is 0 Å². The SMILES string of the molecule is CC(C)(C)c1ccc(N(C2=CC=C(c3ccc(C=Cc4ccc(-c5ccc(N(C6=CCCC=C6)c6ccccc6)cc5)cc4)cc3)CC2)c2ccccc2)cc1. The first kappa shape index (κ1) is 36.6. The predicted molar refractivity (Wildman–Crippen MR) is 241 cm³/mol. The summed E-state index contributed by atoms with van der Waals surface area (Å²) in [6.07, 6.45) is 20.0. The molecule has 2 nitrogen and oxygen atoms in total. The fourth-order valence-electron chi connectivity index (χ4n) is 7.60. The van der Waals surface area contributed by atoms with Gasteiger partial charge in [-0.15, -0.1) is 0 Å². The van der Waals surface area contributed by atoms with Crippen LogP contribution in [0.3, 0.4) is 0 Å². The average Bonchev–Trinajstić information content (AvgIpc) is 3.25. The van der Waals surface area contributed by atoms with Gasteiger partial charge in [0.25, 0.3) is 0 Å². The Morgan fingerprint density at radius 3 is 1.48 bits per heavy atom. The Kier molecular flexibility index (Phi) is 10.8. The Labute approximate surface area is 333 Å². The maximum atomic E-state index is 2.41. The minimum atomic E-state index is 0.126. The molecule has 8 rings (SSSR count). The lowest BCUT2D eigenvalue weighted by Gasteiger charge is -2.30. The van der Waals surface area contributed by atoms with E-state index in [1.165, 1.54) is 67.4 Å². The molecule has 0 heterocycles. The molecule has 0 spiro atoms. The van der Waals surface area contributed by atoms with Crippen LogP contribution in [0.5, 0.6) is 0 Å². The van der Waals surface area contributed by atoms with Crippen molar-refractivity contribution in [2.24, 2.45) is 0 Å². The fraction of sp³-hybridized carbons (Fsp3) is 0.148. The molecule has 0 atom stereocenters. The van der Waals surface area contributed by atoms with Gasteiger partial charge in [-0.1, -0.05) is 160 Å². The molecular formula is C54H50N2. The molecule has 0 N–H and O–H groups in total. The highest BCUT2D eigenvalue weighted by atomic mass is 15.2. The standard InChI is InChI=1S/C54H50N2/c1-54(2,3)47-33-39-53(40-34-47)56(50-17-11-6-12-18-50)52-37-31-46(32-38-52)44-27-23-42(24-28-44)20-19-41-21-25-43(26-22-41)45-29-35-51(36-30-45)55(48-13-7-4-8-14-48)49-15-9-5-10-16-49/h4,6-9,11-31,33-37,39-40H,5,10,32,38H2,1-3H3. The maximum Gasteiger partial charge on any atom is 0.0461 e. The molecule has 2 aliphatic carbocycles. The molecule has 6 aromatic carbocycles. The first-order chi connectivity index (χ1) is 27.4. The van der Waals surface area contributed by atoms with E-state index in [2.05, 4.69) is 231 Å². The minimum absolute atomic E-state index is 0.126. The van der Waals surface area contributed by atoms with Gasteiger partial charge in [0.05, 0.1) is 0 Å². The van der Waals surface area contributed by atoms with Crippen molar-refractivity contribution in [3.63, 3.8) is 0 Å². The Bertz CT molecular complexity index is 2390. The highest BCUT2D eigenvalue weighted by Gasteiger charge is 2.20. The molecule has 0 saturated carbocycles. The number of hydrogen-bond acceptors (Lipinski definition) is 2. The molecule has 276 valence electrons. The summed E-state index contributed by atoms with van der Waals surface area (Å²) in [5, 5.41) is 0. The predicted octanol–water partition coefficient (Wildman–Crippen LogP) is 15.1. The van der Waals surface area contributed by atoms with Crippen molar-refractivity contribution in [3.8, 4) is 11.1 Å². The fourth-order valence-corrected chi connectivity index (χ4v) is 7.60. The molecule has 0 fully saturated rings. The van der Waals surface area contributed by atoms with Gasteiger partial charge in [0.2, 0.25) is 0 Å². The number of para-hydroxylation sites is 2. The minimum Gasteiger partial charge on any atom is -0.314 e. The lowest BCUT2D eigenvalue weighted by Crippen LogP contribution is -2.18. The number of anilines is 4. The molecule has 6 aromatic rings. The average molecular weight is 727 g/mol. The van der Waals surface area contributed by atoms with Crippen molar-refractivity contribution in [2.75, 3.05) is 9.80 Å². The van der Waals surface area contributed by atoms with E-state index in [1.807, 2.05) is 0 Å². The van der Waals surface area contributed by atoms with E-state index in [1.54, 1.807) is 0 Å². The quantitative estimate of drug-likeness (QED) is 0.130. The second-order valence-electron chi connectivity index (χ2n) is 15.7. The van der Waals surface area contributed by atoms with E-state index in [0.717, 1.165) is 31.4 Å². The number of benzene rings is 6. The van der Waals surface area contributed by atoms with E-state index in [-0.39, 0.29) is 5.41 Å². The number of allylic oxidation sites excluding steroid dienone is 7. The smallest absolute Gasteiger partial charge is 0.0461 e. The third-order valence-corrected chi connectivity index (χ3v) is 10.8. The number of rotatable bonds is 10. The van der Waals surface area contributed by atoms with Gasteiger partial charge in [0.15, 0.2) is 0 Å². The van der Waals surface area contributed by atoms with Crippen molar-refractivity contribution in [2.45, 2.75) is 51.9 Å². The molecule has 0 saturated heterocycles. The van der Waals surface area contributed by atoms with Crippen molar-refractivity contribution < 1.29 is 0 Å². The Morgan fingerprint density at radius 1 is 0.464 bits per heavy atom. The van der Waals surface area contributed by atoms with Crippen LogP contribution >= 0.6 is 0 Å². The van der Waals surface area contributed by atoms with Gasteiger partial charge in [0.1, 0.15) is 0 Å². The van der Waals surface area contributed by atoms with E-state index < -0.39 is 0 Å². The summed E-state index contributed by atoms with van der Waals surface area (Å²) in [7, 11) is 0. The summed E-state index contributed by atoms with van der Waals surface area (Å²) < 4.78 is 0. The lowest BCUT2D eigenvalue weighted by molar-refractivity contribution is 0.590. The van der Waals surface area contributed by atoms with Gasteiger partial charge in [0, 0.05) is 34.1 Å². The van der Waals surface area contributed by atoms with Crippen molar-refractivity contribution in [3.05, 3.63) is 222 Å². The summed E-state index contributed by atoms with van der Waals surface area (Å²) in [6, 6.07) is 57.2. The van der Waals surface area contributed by atoms with Gasteiger partial charge >= 0.3 is 0 Å². The second-order valence-corrected chi connectivity index (χ2v) is 15.7. The number of nitrogens with zero attached hydrogens (tertiary/aromatic N) is 2. The van der Waals surface area contributed by atoms with Crippen LogP contribution < -0.4 is 9.80 Å². The van der Waals surface area contributed by atoms with Crippen LogP contribution in [0.2, 0.25) is 0 Å². The van der Waals surface area contributed by atoms with Crippen LogP contribution in [0.25, 0.3) is 28.9 Å². The van der Waals surface area contributed by atoms with Crippen LogP contribution in [0.4, 0.5) is 22.7 Å². The highest BCUT2D eigenvalue weighted by molar-refractivity contribution is 5.77. The molecule has 0 radical (unpaired) electrons. The summed E-state index contributed by atoms with van der Waals surface area (Å²) in [6.45, 7) is 6.80. The lowest BCUT2D eigenvalue weighted by atomic mass is 9.87. The van der Waals surface area contributed by atoms with Crippen LogP contribution in [0.1, 0.15) is 68.7 Å². The molecule has 2 aliphatic rings. The normalized spacial score (nSPS) is 14.2. The maximum absolute atomic E-state index is 2.41. The van der Waals surface area contributed by atoms with Crippen molar-refractivity contribution in [1.82, 2.24) is 0 Å². The van der Waals surface area contributed by atoms with E-state index in [0.29, 0.717) is 0 Å². The van der Waals surface area contributed by atoms with Gasteiger partial charge in [-0.2, -0.15) is 0 Å². The Hall–Kier alpha value is -6.38. The van der Waals surface area contributed by atoms with Gasteiger partial charge < -0.3 is 9.80 Å². The highest BCUT2D eigenvalue weighted by Crippen LogP contribution is 2.38. The zero-order valence-corrected chi connectivity index (χ0v) is 32.8. The molecular weight excluding hydrogens is 677 g/mol. The molecule has 2 heteroatoms. The zero-order valence-electron chi connectivity index (χ0n) is 32.8. The van der Waals surface area contributed by atoms with Gasteiger partial charge in [-0.05, 0) is 131 Å². The third kappa shape index (κ3) is 8.46. The van der Waals surface area contributed by atoms with Crippen LogP contribution in [-0.2, 0) is 5.41 Å². The monoisotopic (exact) mass is 726 g/mol. The molecule has 0 amide bonds. The molecule has 0 unspecified atom stereocenters. The molecule has 0 bridgehead atoms. The van der Waals surface area contributed by atoms with Crippen LogP contribution in [0, 0.1) is 0 Å². The second kappa shape index (κ2) is 16.6. The molecule has 0 aromatic heterocycles. The zero-order chi connectivity index (χ0) is 38.3. The topological polar surface area (TPSA) is 6.48 Å². The first-order valence-electron chi connectivity index (χ1n) is 20.0. The third-order valence-electron chi connectivity index (χ3n) is 10.8. The van der Waals surface area contributed by atoms with Crippen LogP contribution in [0.15, 0.2) is 199 Å². The molecule has 56 heavy (non-hydrogen) atoms. The van der Waals surface area contributed by atoms with Gasteiger partial charge in [-0.3, -0.25) is 0 Å². The van der Waals surface area contributed by atoms with Crippen molar-refractivity contribution >= 4 is 40.5 Å². The summed E-state index contributed by atoms with van der Waals surface area (Å²) in [5.41, 5.74) is 16.2. The largest absolute Gasteiger partial charge is 0.314 e. The summed E-state index contributed by atoms with van der Waals surface area (Å²) in [5.74, 6) is 0. The summed E-state index contributed by atoms with van der Waals surface area (Å²) in [4.78, 5) is 4.75. The van der Waals surface area contributed by atoms with Gasteiger partial charge in [-0.25, -0.2) is 0 Å². The Morgan fingerprint density at radius 2 is 0.964 bits per heavy atom.